The molecule has 1 aliphatic heterocycles. The first kappa shape index (κ1) is 22.7. The fraction of sp³-hybridized carbons (Fsp3) is 0.682. The summed E-state index contributed by atoms with van der Waals surface area (Å²) in [5, 5.41) is 16.3. The van der Waals surface area contributed by atoms with E-state index in [1.54, 1.807) is 0 Å². The summed E-state index contributed by atoms with van der Waals surface area (Å²) in [5.41, 5.74) is 1.21. The van der Waals surface area contributed by atoms with Crippen LogP contribution in [0, 0.1) is 0 Å². The van der Waals surface area contributed by atoms with Crippen molar-refractivity contribution in [1.82, 2.24) is 15.5 Å². The van der Waals surface area contributed by atoms with Crippen molar-refractivity contribution >= 4 is 5.96 Å². The Morgan fingerprint density at radius 1 is 1.21 bits per heavy atom. The summed E-state index contributed by atoms with van der Waals surface area (Å²) < 4.78 is 5.91. The minimum Gasteiger partial charge on any atom is -0.393 e. The smallest absolute Gasteiger partial charge is 0.191 e. The molecule has 2 rings (SSSR count). The Morgan fingerprint density at radius 2 is 1.96 bits per heavy atom. The molecule has 28 heavy (non-hydrogen) atoms. The molecular weight excluding hydrogens is 352 g/mol. The van der Waals surface area contributed by atoms with Crippen molar-refractivity contribution in [2.24, 2.45) is 4.99 Å². The van der Waals surface area contributed by atoms with Gasteiger partial charge in [-0.1, -0.05) is 30.3 Å². The van der Waals surface area contributed by atoms with Crippen molar-refractivity contribution in [2.75, 3.05) is 45.9 Å². The van der Waals surface area contributed by atoms with Crippen LogP contribution < -0.4 is 10.6 Å². The van der Waals surface area contributed by atoms with E-state index in [1.165, 1.54) is 5.56 Å². The quantitative estimate of drug-likeness (QED) is 0.308. The van der Waals surface area contributed by atoms with Gasteiger partial charge in [0.25, 0.3) is 0 Å². The third-order valence-electron chi connectivity index (χ3n) is 5.05. The molecule has 1 fully saturated rings. The normalized spacial score (nSPS) is 17.5. The number of likely N-dealkylation sites (tertiary alicyclic amines) is 1. The van der Waals surface area contributed by atoms with Crippen LogP contribution in [0.4, 0.5) is 0 Å². The first-order chi connectivity index (χ1) is 13.7. The number of aliphatic imine (C=N–C) groups is 1. The second-order valence-corrected chi connectivity index (χ2v) is 7.39. The number of hydrogen-bond acceptors (Lipinski definition) is 4. The third kappa shape index (κ3) is 9.04. The number of aliphatic hydroxyl groups excluding tert-OH is 1. The van der Waals surface area contributed by atoms with Gasteiger partial charge in [0.05, 0.1) is 12.2 Å². The van der Waals surface area contributed by atoms with Gasteiger partial charge in [0, 0.05) is 39.3 Å². The predicted molar refractivity (Wildman–Crippen MR) is 116 cm³/mol. The van der Waals surface area contributed by atoms with Crippen molar-refractivity contribution in [3.63, 3.8) is 0 Å². The van der Waals surface area contributed by atoms with Crippen molar-refractivity contribution < 1.29 is 9.84 Å². The van der Waals surface area contributed by atoms with Crippen LogP contribution >= 0.6 is 0 Å². The van der Waals surface area contributed by atoms with Crippen LogP contribution in [-0.4, -0.2) is 67.9 Å². The van der Waals surface area contributed by atoms with E-state index in [-0.39, 0.29) is 12.2 Å². The molecule has 6 nitrogen and oxygen atoms in total. The first-order valence-electron chi connectivity index (χ1n) is 10.8. The molecule has 3 N–H and O–H groups in total. The molecule has 0 radical (unpaired) electrons. The van der Waals surface area contributed by atoms with Crippen LogP contribution in [0.3, 0.4) is 0 Å². The highest BCUT2D eigenvalue weighted by atomic mass is 16.5. The van der Waals surface area contributed by atoms with Crippen molar-refractivity contribution in [3.8, 4) is 0 Å². The van der Waals surface area contributed by atoms with Crippen molar-refractivity contribution in [1.29, 1.82) is 0 Å². The van der Waals surface area contributed by atoms with Gasteiger partial charge in [-0.2, -0.15) is 0 Å². The first-order valence-corrected chi connectivity index (χ1v) is 10.8. The molecule has 1 aromatic carbocycles. The van der Waals surface area contributed by atoms with Gasteiger partial charge in [0.15, 0.2) is 5.96 Å². The lowest BCUT2D eigenvalue weighted by atomic mass is 10.1. The maximum atomic E-state index is 9.57. The lowest BCUT2D eigenvalue weighted by Gasteiger charge is -2.29. The minimum absolute atomic E-state index is 0.0958. The van der Waals surface area contributed by atoms with E-state index in [4.69, 9.17) is 4.74 Å². The van der Waals surface area contributed by atoms with Crippen LogP contribution in [0.2, 0.25) is 0 Å². The molecule has 1 heterocycles. The summed E-state index contributed by atoms with van der Waals surface area (Å²) in [6.07, 6.45) is 3.82. The molecule has 0 spiro atoms. The Kier molecular flexibility index (Phi) is 10.9. The lowest BCUT2D eigenvalue weighted by molar-refractivity contribution is 0.0652. The molecule has 0 aliphatic carbocycles. The molecule has 1 aromatic rings. The summed E-state index contributed by atoms with van der Waals surface area (Å²) >= 11 is 0. The SMILES string of the molecule is CCNC(=NCCCOC(C)c1ccccc1)NCCCN1CCC(O)CC1. The second-order valence-electron chi connectivity index (χ2n) is 7.39. The average molecular weight is 391 g/mol. The van der Waals surface area contributed by atoms with E-state index in [1.807, 2.05) is 18.2 Å². The topological polar surface area (TPSA) is 69.1 Å². The van der Waals surface area contributed by atoms with E-state index >= 15 is 0 Å². The summed E-state index contributed by atoms with van der Waals surface area (Å²) in [5.74, 6) is 0.882. The Morgan fingerprint density at radius 3 is 2.68 bits per heavy atom. The monoisotopic (exact) mass is 390 g/mol. The highest BCUT2D eigenvalue weighted by Gasteiger charge is 2.16. The number of piperidine rings is 1. The zero-order chi connectivity index (χ0) is 20.0. The van der Waals surface area contributed by atoms with Gasteiger partial charge in [0.2, 0.25) is 0 Å². The standard InChI is InChI=1S/C22H38N4O2/c1-3-23-22(24-13-7-15-26-16-11-21(27)12-17-26)25-14-8-18-28-19(2)20-9-5-4-6-10-20/h4-6,9-10,19,21,27H,3,7-8,11-18H2,1-2H3,(H2,23,24,25). The molecule has 158 valence electrons. The maximum Gasteiger partial charge on any atom is 0.191 e. The van der Waals surface area contributed by atoms with Gasteiger partial charge in [-0.15, -0.1) is 0 Å². The summed E-state index contributed by atoms with van der Waals surface area (Å²) in [4.78, 5) is 7.08. The van der Waals surface area contributed by atoms with Crippen LogP contribution in [-0.2, 0) is 4.74 Å². The van der Waals surface area contributed by atoms with E-state index < -0.39 is 0 Å². The van der Waals surface area contributed by atoms with Crippen LogP contribution in [0.1, 0.15) is 51.2 Å². The Hall–Kier alpha value is -1.63. The van der Waals surface area contributed by atoms with Crippen molar-refractivity contribution in [3.05, 3.63) is 35.9 Å². The second kappa shape index (κ2) is 13.5. The molecule has 1 unspecified atom stereocenters. The minimum atomic E-state index is -0.0958. The zero-order valence-corrected chi connectivity index (χ0v) is 17.6. The fourth-order valence-electron chi connectivity index (χ4n) is 3.33. The molecule has 1 saturated heterocycles. The number of nitrogens with one attached hydrogen (secondary N) is 2. The molecule has 6 heteroatoms. The highest BCUT2D eigenvalue weighted by Crippen LogP contribution is 2.15. The van der Waals surface area contributed by atoms with Gasteiger partial charge < -0.3 is 25.4 Å². The van der Waals surface area contributed by atoms with E-state index in [2.05, 4.69) is 46.5 Å². The average Bonchev–Trinajstić information content (AvgIpc) is 2.72. The number of rotatable bonds is 11. The Bertz CT molecular complexity index is 545. The number of nitrogens with zero attached hydrogens (tertiary/aromatic N) is 2. The van der Waals surface area contributed by atoms with Gasteiger partial charge in [-0.05, 0) is 51.6 Å². The van der Waals surface area contributed by atoms with Crippen LogP contribution in [0.25, 0.3) is 0 Å². The maximum absolute atomic E-state index is 9.57. The molecule has 1 aliphatic rings. The molecule has 0 bridgehead atoms. The highest BCUT2D eigenvalue weighted by molar-refractivity contribution is 5.79. The molecule has 0 aromatic heterocycles. The van der Waals surface area contributed by atoms with E-state index in [0.717, 1.165) is 70.9 Å². The lowest BCUT2D eigenvalue weighted by Crippen LogP contribution is -2.40. The Balaban J connectivity index is 1.58. The van der Waals surface area contributed by atoms with Gasteiger partial charge >= 0.3 is 0 Å². The van der Waals surface area contributed by atoms with E-state index in [0.29, 0.717) is 6.61 Å². The number of benzene rings is 1. The zero-order valence-electron chi connectivity index (χ0n) is 17.6. The summed E-state index contributed by atoms with van der Waals surface area (Å²) in [7, 11) is 0. The number of ether oxygens (including phenoxy) is 1. The molecular formula is C22H38N4O2. The largest absolute Gasteiger partial charge is 0.393 e. The predicted octanol–water partition coefficient (Wildman–Crippen LogP) is 2.56. The summed E-state index contributed by atoms with van der Waals surface area (Å²) in [6.45, 7) is 10.5. The van der Waals surface area contributed by atoms with E-state index in [9.17, 15) is 5.11 Å². The molecule has 0 saturated carbocycles. The summed E-state index contributed by atoms with van der Waals surface area (Å²) in [6, 6.07) is 10.3. The van der Waals surface area contributed by atoms with Gasteiger partial charge in [-0.25, -0.2) is 0 Å². The number of guanidine groups is 1. The Labute approximate surface area is 170 Å². The van der Waals surface area contributed by atoms with Crippen molar-refractivity contribution in [2.45, 2.75) is 51.7 Å². The van der Waals surface area contributed by atoms with Gasteiger partial charge in [-0.3, -0.25) is 4.99 Å². The van der Waals surface area contributed by atoms with Crippen LogP contribution in [0.5, 0.6) is 0 Å². The fourth-order valence-corrected chi connectivity index (χ4v) is 3.33. The van der Waals surface area contributed by atoms with Gasteiger partial charge in [0.1, 0.15) is 0 Å². The number of hydrogen-bond donors (Lipinski definition) is 3. The third-order valence-corrected chi connectivity index (χ3v) is 5.05. The molecule has 1 atom stereocenters. The van der Waals surface area contributed by atoms with Crippen LogP contribution in [0.15, 0.2) is 35.3 Å². The number of aliphatic hydroxyl groups is 1. The molecule has 0 amide bonds.